The van der Waals surface area contributed by atoms with Crippen LogP contribution in [0.25, 0.3) is 0 Å². The van der Waals surface area contributed by atoms with E-state index in [2.05, 4.69) is 6.92 Å². The average Bonchev–Trinajstić information content (AvgIpc) is 2.62. The molecule has 27 heavy (non-hydrogen) atoms. The van der Waals surface area contributed by atoms with Gasteiger partial charge in [-0.3, -0.25) is 4.55 Å². The average molecular weight is 399 g/mol. The van der Waals surface area contributed by atoms with Gasteiger partial charge in [0.25, 0.3) is 10.1 Å². The highest BCUT2D eigenvalue weighted by atomic mass is 32.2. The number of aryl methyl sites for hydroxylation is 1. The van der Waals surface area contributed by atoms with E-state index in [0.717, 1.165) is 30.9 Å². The van der Waals surface area contributed by atoms with Gasteiger partial charge < -0.3 is 5.11 Å². The standard InChI is InChI=1S/C22H38O4S/c1-2-3-4-5-6-7-8-9-10-11-12-13-14-15-16-20-17-18-21(19-22(20)23)27(24,25)26/h17-19,23H,2-16H2,1H3,(H,24,25,26). The topological polar surface area (TPSA) is 74.6 Å². The van der Waals surface area contributed by atoms with Crippen LogP contribution in [0.3, 0.4) is 0 Å². The summed E-state index contributed by atoms with van der Waals surface area (Å²) in [6.07, 6.45) is 19.0. The summed E-state index contributed by atoms with van der Waals surface area (Å²) < 4.78 is 31.0. The highest BCUT2D eigenvalue weighted by Gasteiger charge is 2.12. The first-order valence-electron chi connectivity index (χ1n) is 10.7. The molecule has 1 rings (SSSR count). The van der Waals surface area contributed by atoms with Crippen molar-refractivity contribution in [2.24, 2.45) is 0 Å². The predicted octanol–water partition coefficient (Wildman–Crippen LogP) is 6.66. The van der Waals surface area contributed by atoms with Crippen molar-refractivity contribution in [3.8, 4) is 5.75 Å². The number of rotatable bonds is 16. The maximum Gasteiger partial charge on any atom is 0.294 e. The summed E-state index contributed by atoms with van der Waals surface area (Å²) in [5, 5.41) is 9.88. The minimum absolute atomic E-state index is 0.0557. The summed E-state index contributed by atoms with van der Waals surface area (Å²) in [4.78, 5) is -0.260. The van der Waals surface area contributed by atoms with E-state index in [4.69, 9.17) is 4.55 Å². The van der Waals surface area contributed by atoms with Gasteiger partial charge in [-0.15, -0.1) is 0 Å². The van der Waals surface area contributed by atoms with Gasteiger partial charge in [-0.25, -0.2) is 0 Å². The number of unbranched alkanes of at least 4 members (excludes halogenated alkanes) is 13. The summed E-state index contributed by atoms with van der Waals surface area (Å²) in [5.74, 6) is -0.0557. The molecule has 4 nitrogen and oxygen atoms in total. The summed E-state index contributed by atoms with van der Waals surface area (Å²) in [7, 11) is -4.25. The Morgan fingerprint density at radius 3 is 1.59 bits per heavy atom. The molecule has 0 saturated carbocycles. The molecular weight excluding hydrogens is 360 g/mol. The monoisotopic (exact) mass is 398 g/mol. The Hall–Kier alpha value is -1.07. The van der Waals surface area contributed by atoms with Gasteiger partial charge in [0, 0.05) is 6.07 Å². The second-order valence-corrected chi connectivity index (χ2v) is 9.03. The minimum atomic E-state index is -4.25. The molecule has 0 atom stereocenters. The quantitative estimate of drug-likeness (QED) is 0.241. The van der Waals surface area contributed by atoms with Crippen molar-refractivity contribution in [3.05, 3.63) is 23.8 Å². The lowest BCUT2D eigenvalue weighted by atomic mass is 10.0. The van der Waals surface area contributed by atoms with Crippen molar-refractivity contribution in [1.82, 2.24) is 0 Å². The molecule has 5 heteroatoms. The van der Waals surface area contributed by atoms with E-state index in [-0.39, 0.29) is 10.6 Å². The Kier molecular flexibility index (Phi) is 12.4. The molecule has 0 aliphatic heterocycles. The van der Waals surface area contributed by atoms with E-state index in [1.165, 1.54) is 83.1 Å². The van der Waals surface area contributed by atoms with Crippen LogP contribution in [0, 0.1) is 0 Å². The normalized spacial score (nSPS) is 11.8. The molecular formula is C22H38O4S. The lowest BCUT2D eigenvalue weighted by Gasteiger charge is -2.06. The van der Waals surface area contributed by atoms with Gasteiger partial charge in [0.2, 0.25) is 0 Å². The zero-order chi connectivity index (χ0) is 20.0. The Bertz CT molecular complexity index is 611. The predicted molar refractivity (Wildman–Crippen MR) is 112 cm³/mol. The highest BCUT2D eigenvalue weighted by molar-refractivity contribution is 7.85. The third kappa shape index (κ3) is 11.4. The van der Waals surface area contributed by atoms with Gasteiger partial charge >= 0.3 is 0 Å². The first-order chi connectivity index (χ1) is 12.9. The summed E-state index contributed by atoms with van der Waals surface area (Å²) in [6, 6.07) is 4.05. The number of hydrogen-bond acceptors (Lipinski definition) is 3. The van der Waals surface area contributed by atoms with E-state index in [0.29, 0.717) is 0 Å². The molecule has 156 valence electrons. The van der Waals surface area contributed by atoms with Crippen molar-refractivity contribution in [3.63, 3.8) is 0 Å². The highest BCUT2D eigenvalue weighted by Crippen LogP contribution is 2.23. The summed E-state index contributed by atoms with van der Waals surface area (Å²) in [6.45, 7) is 2.26. The van der Waals surface area contributed by atoms with E-state index in [1.807, 2.05) is 0 Å². The second kappa shape index (κ2) is 14.0. The molecule has 0 spiro atoms. The Morgan fingerprint density at radius 2 is 1.19 bits per heavy atom. The van der Waals surface area contributed by atoms with Crippen molar-refractivity contribution in [1.29, 1.82) is 0 Å². The molecule has 0 amide bonds. The maximum atomic E-state index is 11.0. The van der Waals surface area contributed by atoms with Gasteiger partial charge in [0.05, 0.1) is 4.90 Å². The fourth-order valence-corrected chi connectivity index (χ4v) is 3.93. The van der Waals surface area contributed by atoms with Gasteiger partial charge in [-0.1, -0.05) is 96.5 Å². The SMILES string of the molecule is CCCCCCCCCCCCCCCCc1ccc(S(=O)(=O)O)cc1O. The van der Waals surface area contributed by atoms with Crippen molar-refractivity contribution in [2.75, 3.05) is 0 Å². The van der Waals surface area contributed by atoms with Gasteiger partial charge in [0.1, 0.15) is 5.75 Å². The lowest BCUT2D eigenvalue weighted by molar-refractivity contribution is 0.459. The van der Waals surface area contributed by atoms with Gasteiger partial charge in [-0.05, 0) is 24.5 Å². The first-order valence-corrected chi connectivity index (χ1v) is 12.2. The minimum Gasteiger partial charge on any atom is -0.508 e. The fourth-order valence-electron chi connectivity index (χ4n) is 3.43. The molecule has 2 N–H and O–H groups in total. The molecule has 0 saturated heterocycles. The van der Waals surface area contributed by atoms with E-state index >= 15 is 0 Å². The number of phenolic OH excluding ortho intramolecular Hbond substituents is 1. The number of phenols is 1. The van der Waals surface area contributed by atoms with Crippen molar-refractivity contribution >= 4 is 10.1 Å². The molecule has 0 aliphatic carbocycles. The Morgan fingerprint density at radius 1 is 0.741 bits per heavy atom. The van der Waals surface area contributed by atoms with Crippen LogP contribution in [0.4, 0.5) is 0 Å². The van der Waals surface area contributed by atoms with Crippen LogP contribution in [0.2, 0.25) is 0 Å². The molecule has 0 unspecified atom stereocenters. The van der Waals surface area contributed by atoms with Crippen LogP contribution in [0.1, 0.15) is 102 Å². The molecule has 1 aromatic rings. The second-order valence-electron chi connectivity index (χ2n) is 7.61. The van der Waals surface area contributed by atoms with Crippen molar-refractivity contribution < 1.29 is 18.1 Å². The Balaban J connectivity index is 1.99. The zero-order valence-electron chi connectivity index (χ0n) is 17.0. The summed E-state index contributed by atoms with van der Waals surface area (Å²) >= 11 is 0. The Labute approximate surface area is 166 Å². The largest absolute Gasteiger partial charge is 0.508 e. The smallest absolute Gasteiger partial charge is 0.294 e. The van der Waals surface area contributed by atoms with E-state index in [9.17, 15) is 13.5 Å². The van der Waals surface area contributed by atoms with Crippen LogP contribution in [0.15, 0.2) is 23.1 Å². The van der Waals surface area contributed by atoms with Crippen LogP contribution < -0.4 is 0 Å². The number of benzene rings is 1. The lowest BCUT2D eigenvalue weighted by Crippen LogP contribution is -1.98. The maximum absolute atomic E-state index is 11.0. The molecule has 0 fully saturated rings. The summed E-state index contributed by atoms with van der Waals surface area (Å²) in [5.41, 5.74) is 0.737. The van der Waals surface area contributed by atoms with Crippen LogP contribution >= 0.6 is 0 Å². The van der Waals surface area contributed by atoms with Crippen LogP contribution in [-0.4, -0.2) is 18.1 Å². The molecule has 0 aliphatic rings. The molecule has 0 bridgehead atoms. The van der Waals surface area contributed by atoms with Gasteiger partial charge in [-0.2, -0.15) is 8.42 Å². The van der Waals surface area contributed by atoms with Crippen LogP contribution in [-0.2, 0) is 16.5 Å². The van der Waals surface area contributed by atoms with Crippen LogP contribution in [0.5, 0.6) is 5.75 Å². The van der Waals surface area contributed by atoms with Crippen molar-refractivity contribution in [2.45, 2.75) is 108 Å². The molecule has 0 aromatic heterocycles. The molecule has 1 aromatic carbocycles. The fraction of sp³-hybridized carbons (Fsp3) is 0.727. The van der Waals surface area contributed by atoms with E-state index in [1.54, 1.807) is 6.07 Å². The zero-order valence-corrected chi connectivity index (χ0v) is 17.8. The van der Waals surface area contributed by atoms with E-state index < -0.39 is 10.1 Å². The molecule has 0 radical (unpaired) electrons. The first kappa shape index (κ1) is 24.0. The third-order valence-corrected chi connectivity index (χ3v) is 6.00. The van der Waals surface area contributed by atoms with Gasteiger partial charge in [0.15, 0.2) is 0 Å². The third-order valence-electron chi connectivity index (χ3n) is 5.15. The number of aromatic hydroxyl groups is 1. The molecule has 0 heterocycles. The number of hydrogen-bond donors (Lipinski definition) is 2.